The van der Waals surface area contributed by atoms with E-state index in [1.165, 1.54) is 4.68 Å². The number of aryl methyl sites for hydroxylation is 1. The first-order chi connectivity index (χ1) is 14.3. The monoisotopic (exact) mass is 425 g/mol. The molecule has 3 aromatic rings. The number of fused-ring (bicyclic) bond motifs is 2. The van der Waals surface area contributed by atoms with E-state index in [9.17, 15) is 9.59 Å². The molecule has 0 bridgehead atoms. The van der Waals surface area contributed by atoms with Gasteiger partial charge < -0.3 is 9.64 Å². The first-order valence-corrected chi connectivity index (χ1v) is 11.2. The Bertz CT molecular complexity index is 1090. The molecule has 2 aromatic heterocycles. The van der Waals surface area contributed by atoms with Gasteiger partial charge in [-0.25, -0.2) is 4.79 Å². The van der Waals surface area contributed by atoms with Gasteiger partial charge in [-0.1, -0.05) is 18.2 Å². The van der Waals surface area contributed by atoms with E-state index in [2.05, 4.69) is 5.10 Å². The van der Waals surface area contributed by atoms with Crippen LogP contribution < -0.4 is 0 Å². The molecule has 1 atom stereocenters. The minimum atomic E-state index is -0.569. The molecule has 1 amide bonds. The van der Waals surface area contributed by atoms with Gasteiger partial charge in [-0.05, 0) is 58.6 Å². The SMILES string of the molecule is CCN(C(=O)c1csc2ccccc12)C1CCc2nn(C(=O)OC(C)(C)C)cc2C1. The normalized spacial score (nSPS) is 16.3. The van der Waals surface area contributed by atoms with E-state index in [4.69, 9.17) is 4.74 Å². The smallest absolute Gasteiger partial charge is 0.435 e. The van der Waals surface area contributed by atoms with Crippen LogP contribution in [0.15, 0.2) is 35.8 Å². The van der Waals surface area contributed by atoms with Gasteiger partial charge in [-0.3, -0.25) is 4.79 Å². The molecule has 7 heteroatoms. The lowest BCUT2D eigenvalue weighted by atomic mass is 9.92. The van der Waals surface area contributed by atoms with Crippen LogP contribution in [0, 0.1) is 0 Å². The number of rotatable bonds is 3. The van der Waals surface area contributed by atoms with Crippen LogP contribution in [0.2, 0.25) is 0 Å². The van der Waals surface area contributed by atoms with Crippen LogP contribution in [-0.2, 0) is 17.6 Å². The van der Waals surface area contributed by atoms with E-state index in [1.807, 2.05) is 62.2 Å². The van der Waals surface area contributed by atoms with E-state index < -0.39 is 11.7 Å². The Morgan fingerprint density at radius 2 is 2.07 bits per heavy atom. The number of ether oxygens (including phenoxy) is 1. The topological polar surface area (TPSA) is 64.4 Å². The van der Waals surface area contributed by atoms with Crippen molar-refractivity contribution in [1.29, 1.82) is 0 Å². The molecule has 1 aliphatic rings. The molecule has 4 rings (SSSR count). The van der Waals surface area contributed by atoms with Gasteiger partial charge in [0, 0.05) is 34.2 Å². The van der Waals surface area contributed by atoms with Gasteiger partial charge in [-0.2, -0.15) is 9.78 Å². The zero-order chi connectivity index (χ0) is 21.5. The minimum Gasteiger partial charge on any atom is -0.442 e. The Morgan fingerprint density at radius 3 is 2.80 bits per heavy atom. The molecule has 1 unspecified atom stereocenters. The summed E-state index contributed by atoms with van der Waals surface area (Å²) in [4.78, 5) is 27.7. The van der Waals surface area contributed by atoms with Gasteiger partial charge in [0.05, 0.1) is 11.3 Å². The summed E-state index contributed by atoms with van der Waals surface area (Å²) >= 11 is 1.60. The summed E-state index contributed by atoms with van der Waals surface area (Å²) in [6.07, 6.45) is 3.55. The first-order valence-electron chi connectivity index (χ1n) is 10.3. The van der Waals surface area contributed by atoms with E-state index in [-0.39, 0.29) is 11.9 Å². The van der Waals surface area contributed by atoms with E-state index in [1.54, 1.807) is 17.5 Å². The Labute approximate surface area is 180 Å². The highest BCUT2D eigenvalue weighted by atomic mass is 32.1. The zero-order valence-electron chi connectivity index (χ0n) is 17.8. The van der Waals surface area contributed by atoms with Crippen LogP contribution in [-0.4, -0.2) is 44.9 Å². The van der Waals surface area contributed by atoms with Gasteiger partial charge in [-0.15, -0.1) is 11.3 Å². The number of hydrogen-bond donors (Lipinski definition) is 0. The Balaban J connectivity index is 1.54. The molecule has 0 fully saturated rings. The van der Waals surface area contributed by atoms with Crippen LogP contribution in [0.1, 0.15) is 55.7 Å². The van der Waals surface area contributed by atoms with Crippen LogP contribution in [0.5, 0.6) is 0 Å². The third-order valence-electron chi connectivity index (χ3n) is 5.38. The second-order valence-corrected chi connectivity index (χ2v) is 9.57. The van der Waals surface area contributed by atoms with Crippen molar-refractivity contribution in [3.8, 4) is 0 Å². The number of amides is 1. The highest BCUT2D eigenvalue weighted by Gasteiger charge is 2.31. The molecule has 1 aliphatic carbocycles. The van der Waals surface area contributed by atoms with Crippen molar-refractivity contribution in [2.45, 2.75) is 58.6 Å². The molecule has 158 valence electrons. The largest absolute Gasteiger partial charge is 0.442 e. The molecule has 0 N–H and O–H groups in total. The molecule has 6 nitrogen and oxygen atoms in total. The van der Waals surface area contributed by atoms with Crippen molar-refractivity contribution in [2.24, 2.45) is 0 Å². The summed E-state index contributed by atoms with van der Waals surface area (Å²) in [5.41, 5.74) is 2.13. The summed E-state index contributed by atoms with van der Waals surface area (Å²) in [6.45, 7) is 8.17. The number of benzene rings is 1. The van der Waals surface area contributed by atoms with Crippen molar-refractivity contribution in [3.63, 3.8) is 0 Å². The zero-order valence-corrected chi connectivity index (χ0v) is 18.7. The van der Waals surface area contributed by atoms with Crippen LogP contribution in [0.4, 0.5) is 4.79 Å². The molecule has 30 heavy (non-hydrogen) atoms. The first kappa shape index (κ1) is 20.6. The maximum absolute atomic E-state index is 13.4. The number of carbonyl (C=O) groups is 2. The van der Waals surface area contributed by atoms with Crippen LogP contribution >= 0.6 is 11.3 Å². The average Bonchev–Trinajstić information content (AvgIpc) is 3.31. The fraction of sp³-hybridized carbons (Fsp3) is 0.435. The second kappa shape index (κ2) is 7.87. The number of likely N-dealkylation sites (N-methyl/N-ethyl adjacent to an activating group) is 1. The van der Waals surface area contributed by atoms with Crippen LogP contribution in [0.3, 0.4) is 0 Å². The molecule has 1 aromatic carbocycles. The van der Waals surface area contributed by atoms with E-state index in [0.29, 0.717) is 13.0 Å². The summed E-state index contributed by atoms with van der Waals surface area (Å²) < 4.78 is 7.84. The summed E-state index contributed by atoms with van der Waals surface area (Å²) in [5, 5.41) is 7.41. The second-order valence-electron chi connectivity index (χ2n) is 8.66. The molecular formula is C23H27N3O3S. The fourth-order valence-electron chi connectivity index (χ4n) is 4.02. The number of aromatic nitrogens is 2. The molecule has 0 radical (unpaired) electrons. The maximum Gasteiger partial charge on any atom is 0.435 e. The van der Waals surface area contributed by atoms with Gasteiger partial charge in [0.25, 0.3) is 5.91 Å². The molecule has 2 heterocycles. The van der Waals surface area contributed by atoms with Crippen LogP contribution in [0.25, 0.3) is 10.1 Å². The van der Waals surface area contributed by atoms with Crippen molar-refractivity contribution in [2.75, 3.05) is 6.54 Å². The highest BCUT2D eigenvalue weighted by molar-refractivity contribution is 7.17. The lowest BCUT2D eigenvalue weighted by molar-refractivity contribution is 0.0513. The maximum atomic E-state index is 13.4. The molecule has 0 spiro atoms. The Morgan fingerprint density at radius 1 is 1.30 bits per heavy atom. The summed E-state index contributed by atoms with van der Waals surface area (Å²) in [5.74, 6) is 0.0722. The van der Waals surface area contributed by atoms with Gasteiger partial charge in [0.2, 0.25) is 0 Å². The van der Waals surface area contributed by atoms with Crippen molar-refractivity contribution >= 4 is 33.4 Å². The predicted molar refractivity (Wildman–Crippen MR) is 118 cm³/mol. The van der Waals surface area contributed by atoms with E-state index >= 15 is 0 Å². The predicted octanol–water partition coefficient (Wildman–Crippen LogP) is 4.90. The summed E-state index contributed by atoms with van der Waals surface area (Å²) in [7, 11) is 0. The van der Waals surface area contributed by atoms with E-state index in [0.717, 1.165) is 39.7 Å². The standard InChI is InChI=1S/C23H27N3O3S/c1-5-25(21(27)18-14-30-20-9-7-6-8-17(18)20)16-10-11-19-15(12-16)13-26(24-19)22(28)29-23(2,3)4/h6-9,13-14,16H,5,10-12H2,1-4H3. The molecule has 0 aliphatic heterocycles. The van der Waals surface area contributed by atoms with Gasteiger partial charge in [0.1, 0.15) is 5.60 Å². The number of hydrogen-bond acceptors (Lipinski definition) is 5. The molecule has 0 saturated carbocycles. The quantitative estimate of drug-likeness (QED) is 0.599. The highest BCUT2D eigenvalue weighted by Crippen LogP contribution is 2.30. The average molecular weight is 426 g/mol. The summed E-state index contributed by atoms with van der Waals surface area (Å²) in [6, 6.07) is 8.11. The minimum absolute atomic E-state index is 0.0722. The fourth-order valence-corrected chi connectivity index (χ4v) is 4.95. The van der Waals surface area contributed by atoms with Gasteiger partial charge in [0.15, 0.2) is 0 Å². The van der Waals surface area contributed by atoms with Crippen molar-refractivity contribution in [1.82, 2.24) is 14.7 Å². The van der Waals surface area contributed by atoms with Gasteiger partial charge >= 0.3 is 6.09 Å². The Kier molecular flexibility index (Phi) is 5.40. The third kappa shape index (κ3) is 3.99. The third-order valence-corrected chi connectivity index (χ3v) is 6.34. The van der Waals surface area contributed by atoms with Crippen molar-refractivity contribution in [3.05, 3.63) is 52.7 Å². The number of thiophene rings is 1. The number of nitrogens with zero attached hydrogens (tertiary/aromatic N) is 3. The lowest BCUT2D eigenvalue weighted by Gasteiger charge is -2.33. The molecular weight excluding hydrogens is 398 g/mol. The Hall–Kier alpha value is -2.67. The number of carbonyl (C=O) groups excluding carboxylic acids is 2. The lowest BCUT2D eigenvalue weighted by Crippen LogP contribution is -2.43. The molecule has 0 saturated heterocycles. The van der Waals surface area contributed by atoms with Crippen molar-refractivity contribution < 1.29 is 14.3 Å².